The number of hydrogen-bond donors (Lipinski definition) is 0. The van der Waals surface area contributed by atoms with Gasteiger partial charge in [-0.05, 0) is 42.9 Å². The molecular formula is C27H50. The smallest absolute Gasteiger partial charge is 0.0386 e. The van der Waals surface area contributed by atoms with Gasteiger partial charge in [0.1, 0.15) is 0 Å². The summed E-state index contributed by atoms with van der Waals surface area (Å²) in [6, 6.07) is 0. The van der Waals surface area contributed by atoms with E-state index in [1.165, 1.54) is 89.9 Å². The molecule has 0 bridgehead atoms. The molecule has 0 saturated heterocycles. The van der Waals surface area contributed by atoms with Crippen molar-refractivity contribution in [3.8, 4) is 0 Å². The topological polar surface area (TPSA) is 0 Å². The first kappa shape index (κ1) is 21.7. The zero-order chi connectivity index (χ0) is 18.6. The van der Waals surface area contributed by atoms with Crippen molar-refractivity contribution < 1.29 is 0 Å². The molecule has 0 atom stereocenters. The quantitative estimate of drug-likeness (QED) is 0.461. The Bertz CT molecular complexity index is 331. The van der Waals surface area contributed by atoms with Gasteiger partial charge in [-0.1, -0.05) is 128 Å². The normalized spacial score (nSPS) is 32.0. The predicted molar refractivity (Wildman–Crippen MR) is 120 cm³/mol. The molecule has 3 rings (SSSR count). The van der Waals surface area contributed by atoms with Crippen LogP contribution in [0.15, 0.2) is 0 Å². The second kappa shape index (κ2) is 13.3. The van der Waals surface area contributed by atoms with Crippen molar-refractivity contribution in [1.29, 1.82) is 0 Å². The third-order valence-electron chi connectivity index (χ3n) is 8.60. The van der Waals surface area contributed by atoms with Crippen molar-refractivity contribution in [3.05, 3.63) is 0 Å². The van der Waals surface area contributed by atoms with E-state index in [2.05, 4.69) is 0 Å². The predicted octanol–water partition coefficient (Wildman–Crippen LogP) is 9.46. The highest BCUT2D eigenvalue weighted by Crippen LogP contribution is 2.41. The van der Waals surface area contributed by atoms with Gasteiger partial charge in [0, 0.05) is 0 Å². The first-order chi connectivity index (χ1) is 13.4. The van der Waals surface area contributed by atoms with E-state index in [-0.39, 0.29) is 0 Å². The molecule has 3 saturated carbocycles. The highest BCUT2D eigenvalue weighted by molar-refractivity contribution is 4.80. The Morgan fingerprint density at radius 3 is 1.11 bits per heavy atom. The first-order valence-corrected chi connectivity index (χ1v) is 13.4. The molecule has 0 heteroatoms. The van der Waals surface area contributed by atoms with E-state index in [0.29, 0.717) is 0 Å². The zero-order valence-electron chi connectivity index (χ0n) is 18.6. The fraction of sp³-hybridized carbons (Fsp3) is 1.00. The van der Waals surface area contributed by atoms with Crippen molar-refractivity contribution in [3.63, 3.8) is 0 Å². The maximum Gasteiger partial charge on any atom is -0.0386 e. The Balaban J connectivity index is 1.38. The molecule has 0 spiro atoms. The first-order valence-electron chi connectivity index (χ1n) is 13.4. The maximum atomic E-state index is 1.59. The van der Waals surface area contributed by atoms with Gasteiger partial charge in [-0.15, -0.1) is 0 Å². The van der Waals surface area contributed by atoms with Crippen LogP contribution in [-0.4, -0.2) is 0 Å². The Labute approximate surface area is 171 Å². The molecule has 3 fully saturated rings. The van der Waals surface area contributed by atoms with Crippen LogP contribution in [0, 0.1) is 23.7 Å². The minimum atomic E-state index is 1.08. The minimum Gasteiger partial charge on any atom is -0.0533 e. The van der Waals surface area contributed by atoms with E-state index in [9.17, 15) is 0 Å². The average Bonchev–Trinajstić information content (AvgIpc) is 2.71. The van der Waals surface area contributed by atoms with Crippen LogP contribution in [0.2, 0.25) is 0 Å². The van der Waals surface area contributed by atoms with Crippen molar-refractivity contribution >= 4 is 0 Å². The molecule has 0 N–H and O–H groups in total. The van der Waals surface area contributed by atoms with E-state index >= 15 is 0 Å². The second-order valence-corrected chi connectivity index (χ2v) is 10.7. The summed E-state index contributed by atoms with van der Waals surface area (Å²) >= 11 is 0. The van der Waals surface area contributed by atoms with Gasteiger partial charge in [0.25, 0.3) is 0 Å². The van der Waals surface area contributed by atoms with Crippen LogP contribution in [0.1, 0.15) is 148 Å². The highest BCUT2D eigenvalue weighted by atomic mass is 14.3. The minimum absolute atomic E-state index is 1.08. The van der Waals surface area contributed by atoms with E-state index < -0.39 is 0 Å². The van der Waals surface area contributed by atoms with Crippen molar-refractivity contribution in [1.82, 2.24) is 0 Å². The molecular weight excluding hydrogens is 324 g/mol. The van der Waals surface area contributed by atoms with Crippen molar-refractivity contribution in [2.75, 3.05) is 0 Å². The van der Waals surface area contributed by atoms with Gasteiger partial charge in [0.15, 0.2) is 0 Å². The summed E-state index contributed by atoms with van der Waals surface area (Å²) in [5.74, 6) is 4.37. The Morgan fingerprint density at radius 2 is 0.630 bits per heavy atom. The molecule has 0 aromatic carbocycles. The Morgan fingerprint density at radius 1 is 0.296 bits per heavy atom. The number of hydrogen-bond acceptors (Lipinski definition) is 0. The fourth-order valence-corrected chi connectivity index (χ4v) is 6.81. The van der Waals surface area contributed by atoms with Crippen LogP contribution in [0.4, 0.5) is 0 Å². The van der Waals surface area contributed by atoms with Crippen LogP contribution in [0.25, 0.3) is 0 Å². The van der Waals surface area contributed by atoms with Gasteiger partial charge in [-0.2, -0.15) is 0 Å². The van der Waals surface area contributed by atoms with Crippen LogP contribution in [0.5, 0.6) is 0 Å². The summed E-state index contributed by atoms with van der Waals surface area (Å²) in [4.78, 5) is 0. The zero-order valence-corrected chi connectivity index (χ0v) is 18.6. The van der Waals surface area contributed by atoms with E-state index in [1.807, 2.05) is 0 Å². The molecule has 0 aromatic heterocycles. The van der Waals surface area contributed by atoms with Crippen LogP contribution in [-0.2, 0) is 0 Å². The standard InChI is InChI=1S/C27H50/c1-3-7-11-15-24(16-12-8-4-1)23-25-19-21-27(22-20-25)26-17-13-9-5-2-6-10-14-18-26/h24-27H,1-23H2. The van der Waals surface area contributed by atoms with Gasteiger partial charge >= 0.3 is 0 Å². The van der Waals surface area contributed by atoms with Crippen LogP contribution in [0.3, 0.4) is 0 Å². The molecule has 27 heavy (non-hydrogen) atoms. The molecule has 0 unspecified atom stereocenters. The number of rotatable bonds is 3. The lowest BCUT2D eigenvalue weighted by molar-refractivity contribution is 0.160. The average molecular weight is 375 g/mol. The lowest BCUT2D eigenvalue weighted by Crippen LogP contribution is -2.23. The van der Waals surface area contributed by atoms with Gasteiger partial charge in [0.05, 0.1) is 0 Å². The van der Waals surface area contributed by atoms with Crippen molar-refractivity contribution in [2.45, 2.75) is 148 Å². The van der Waals surface area contributed by atoms with E-state index in [0.717, 1.165) is 23.7 Å². The monoisotopic (exact) mass is 374 g/mol. The molecule has 0 aromatic rings. The summed E-state index contributed by atoms with van der Waals surface area (Å²) in [6.45, 7) is 0. The van der Waals surface area contributed by atoms with Gasteiger partial charge in [0.2, 0.25) is 0 Å². The van der Waals surface area contributed by atoms with Crippen LogP contribution >= 0.6 is 0 Å². The third kappa shape index (κ3) is 8.49. The Kier molecular flexibility index (Phi) is 10.7. The summed E-state index contributed by atoms with van der Waals surface area (Å²) < 4.78 is 0. The SMILES string of the molecule is C1CCCCC(CC2CCC(C3CCCCCCCCC3)CC2)CCCC1. The molecule has 158 valence electrons. The molecule has 0 aliphatic heterocycles. The highest BCUT2D eigenvalue weighted by Gasteiger charge is 2.28. The van der Waals surface area contributed by atoms with Crippen LogP contribution < -0.4 is 0 Å². The summed E-state index contributed by atoms with van der Waals surface area (Å²) in [5.41, 5.74) is 0. The van der Waals surface area contributed by atoms with E-state index in [4.69, 9.17) is 0 Å². The molecule has 3 aliphatic carbocycles. The van der Waals surface area contributed by atoms with Gasteiger partial charge in [-0.3, -0.25) is 0 Å². The van der Waals surface area contributed by atoms with Gasteiger partial charge < -0.3 is 0 Å². The molecule has 0 nitrogen and oxygen atoms in total. The van der Waals surface area contributed by atoms with E-state index in [1.54, 1.807) is 57.8 Å². The molecule has 0 heterocycles. The third-order valence-corrected chi connectivity index (χ3v) is 8.60. The van der Waals surface area contributed by atoms with Crippen molar-refractivity contribution in [2.24, 2.45) is 23.7 Å². The maximum absolute atomic E-state index is 1.59. The molecule has 3 aliphatic rings. The fourth-order valence-electron chi connectivity index (χ4n) is 6.81. The lowest BCUT2D eigenvalue weighted by atomic mass is 9.70. The Hall–Kier alpha value is 0. The molecule has 0 amide bonds. The summed E-state index contributed by atoms with van der Waals surface area (Å²) in [5, 5.41) is 0. The second-order valence-electron chi connectivity index (χ2n) is 10.7. The summed E-state index contributed by atoms with van der Waals surface area (Å²) in [7, 11) is 0. The lowest BCUT2D eigenvalue weighted by Gasteiger charge is -2.36. The molecule has 0 radical (unpaired) electrons. The summed E-state index contributed by atoms with van der Waals surface area (Å²) in [6.07, 6.45) is 35.5. The largest absolute Gasteiger partial charge is 0.0533 e. The van der Waals surface area contributed by atoms with Gasteiger partial charge in [-0.25, -0.2) is 0 Å².